The van der Waals surface area contributed by atoms with Gasteiger partial charge in [0.1, 0.15) is 0 Å². The van der Waals surface area contributed by atoms with E-state index in [1.54, 1.807) is 0 Å². The van der Waals surface area contributed by atoms with Crippen molar-refractivity contribution in [1.82, 2.24) is 0 Å². The van der Waals surface area contributed by atoms with E-state index in [9.17, 15) is 0 Å². The molecule has 1 aliphatic rings. The van der Waals surface area contributed by atoms with Crippen LogP contribution in [0.1, 0.15) is 70.9 Å². The third-order valence-electron chi connectivity index (χ3n) is 3.93. The third-order valence-corrected chi connectivity index (χ3v) is 3.93. The quantitative estimate of drug-likeness (QED) is 0.429. The van der Waals surface area contributed by atoms with Crippen LogP contribution in [-0.4, -0.2) is 19.4 Å². The van der Waals surface area contributed by atoms with E-state index in [2.05, 4.69) is 55.3 Å². The van der Waals surface area contributed by atoms with E-state index in [0.29, 0.717) is 5.92 Å². The predicted octanol–water partition coefficient (Wildman–Crippen LogP) is 5.43. The minimum Gasteiger partial charge on any atom is -0.384 e. The Morgan fingerprint density at radius 2 is 1.86 bits per heavy atom. The molecular formula is C19H31N2Rf-. The van der Waals surface area contributed by atoms with Gasteiger partial charge in [-0.1, -0.05) is 71.2 Å². The zero-order chi connectivity index (χ0) is 15.7. The van der Waals surface area contributed by atoms with E-state index in [0.717, 1.165) is 19.5 Å². The smallest absolute Gasteiger partial charge is 0.0785 e. The monoisotopic (exact) mass is 554 g/mol. The second kappa shape index (κ2) is 10.3. The van der Waals surface area contributed by atoms with Crippen LogP contribution >= 0.6 is 0 Å². The molecule has 1 heterocycles. The van der Waals surface area contributed by atoms with Gasteiger partial charge in [0.05, 0.1) is 12.9 Å². The predicted molar refractivity (Wildman–Crippen MR) is 95.5 cm³/mol. The molecule has 1 aliphatic heterocycles. The molecule has 0 atom stereocenters. The molecule has 0 radical (unpaired) electrons. The molecule has 0 aromatic heterocycles. The van der Waals surface area contributed by atoms with Gasteiger partial charge in [-0.25, -0.2) is 0 Å². The largest absolute Gasteiger partial charge is 0.384 e. The van der Waals surface area contributed by atoms with Crippen LogP contribution in [0.25, 0.3) is 0 Å². The Balaban J connectivity index is 0.00000141. The Labute approximate surface area is 131 Å². The summed E-state index contributed by atoms with van der Waals surface area (Å²) in [5.41, 5.74) is 4.24. The van der Waals surface area contributed by atoms with Crippen molar-refractivity contribution >= 4 is 12.0 Å². The first-order chi connectivity index (χ1) is 10.3. The fourth-order valence-electron chi connectivity index (χ4n) is 2.90. The summed E-state index contributed by atoms with van der Waals surface area (Å²) in [6, 6.07) is 6.73. The molecule has 22 heavy (non-hydrogen) atoms. The van der Waals surface area contributed by atoms with Crippen molar-refractivity contribution in [3.05, 3.63) is 35.7 Å². The van der Waals surface area contributed by atoms with Crippen molar-refractivity contribution < 1.29 is 0 Å². The van der Waals surface area contributed by atoms with Crippen LogP contribution in [-0.2, 0) is 0 Å². The maximum atomic E-state index is 4.38. The molecule has 0 spiro atoms. The SMILES string of the molecule is CC.CC[CH-]c1cccc(C(CC)CC)c1N1C=NCC1.[Rf]. The van der Waals surface area contributed by atoms with E-state index in [1.165, 1.54) is 29.7 Å². The first-order valence-corrected chi connectivity index (χ1v) is 8.54. The van der Waals surface area contributed by atoms with Crippen LogP contribution in [0.15, 0.2) is 23.2 Å². The van der Waals surface area contributed by atoms with Gasteiger partial charge >= 0.3 is 0 Å². The van der Waals surface area contributed by atoms with Crippen LogP contribution in [0.4, 0.5) is 5.69 Å². The Bertz CT molecular complexity index is 439. The van der Waals surface area contributed by atoms with Crippen molar-refractivity contribution in [3.63, 3.8) is 0 Å². The molecule has 0 aliphatic carbocycles. The molecule has 0 amide bonds. The summed E-state index contributed by atoms with van der Waals surface area (Å²) in [6.45, 7) is 12.7. The van der Waals surface area contributed by atoms with Gasteiger partial charge in [0, 0.05) is 6.54 Å². The van der Waals surface area contributed by atoms with Crippen molar-refractivity contribution in [2.45, 2.75) is 59.8 Å². The maximum absolute atomic E-state index is 4.38. The average Bonchev–Trinajstić information content (AvgIpc) is 3.05. The minimum absolute atomic E-state index is 0. The summed E-state index contributed by atoms with van der Waals surface area (Å²) in [6.07, 6.45) is 7.81. The first-order valence-electron chi connectivity index (χ1n) is 8.54. The van der Waals surface area contributed by atoms with Crippen molar-refractivity contribution in [2.24, 2.45) is 4.99 Å². The number of benzene rings is 1. The Kier molecular flexibility index (Phi) is 9.17. The molecule has 0 fully saturated rings. The average molecular weight is 554 g/mol. The molecule has 0 saturated carbocycles. The molecule has 0 N–H and O–H groups in total. The van der Waals surface area contributed by atoms with E-state index < -0.39 is 0 Å². The summed E-state index contributed by atoms with van der Waals surface area (Å²) in [5.74, 6) is 0.647. The molecule has 0 bridgehead atoms. The fourth-order valence-corrected chi connectivity index (χ4v) is 2.90. The van der Waals surface area contributed by atoms with Crippen LogP contribution in [0.2, 0.25) is 0 Å². The maximum Gasteiger partial charge on any atom is 0.0785 e. The molecular weight excluding hydrogens is 523 g/mol. The van der Waals surface area contributed by atoms with Gasteiger partial charge in [-0.05, 0) is 5.92 Å². The molecule has 1 aromatic carbocycles. The standard InChI is InChI=1S/C17H25N2.C2H6.Rf/c1-4-8-15-9-7-10-16(14(5-2)6-3)17(15)19-12-11-18-13-19;1-2;/h7-10,13-14H,4-6,11-12H2,1-3H3;1-2H3;/q-1;;. The summed E-state index contributed by atoms with van der Waals surface area (Å²) in [5, 5.41) is 0. The van der Waals surface area contributed by atoms with Crippen LogP contribution in [0.5, 0.6) is 0 Å². The number of rotatable bonds is 6. The van der Waals surface area contributed by atoms with Gasteiger partial charge in [-0.3, -0.25) is 4.99 Å². The molecule has 0 unspecified atom stereocenters. The van der Waals surface area contributed by atoms with Crippen LogP contribution in [0, 0.1) is 6.42 Å². The van der Waals surface area contributed by atoms with Crippen molar-refractivity contribution in [2.75, 3.05) is 18.0 Å². The van der Waals surface area contributed by atoms with Gasteiger partial charge < -0.3 is 4.90 Å². The van der Waals surface area contributed by atoms with Crippen LogP contribution in [0.3, 0.4) is 0 Å². The van der Waals surface area contributed by atoms with Crippen LogP contribution < -0.4 is 4.90 Å². The van der Waals surface area contributed by atoms with E-state index >= 15 is 0 Å². The summed E-state index contributed by atoms with van der Waals surface area (Å²) >= 11 is 0. The minimum atomic E-state index is 0. The summed E-state index contributed by atoms with van der Waals surface area (Å²) in [7, 11) is 0. The van der Waals surface area contributed by atoms with Crippen molar-refractivity contribution in [3.8, 4) is 0 Å². The van der Waals surface area contributed by atoms with Gasteiger partial charge in [0.25, 0.3) is 0 Å². The number of hydrogen-bond acceptors (Lipinski definition) is 2. The Hall–Kier alpha value is -2.44. The second-order valence-electron chi connectivity index (χ2n) is 5.13. The van der Waals surface area contributed by atoms with Gasteiger partial charge in [-0.2, -0.15) is 18.1 Å². The third kappa shape index (κ3) is 4.28. The van der Waals surface area contributed by atoms with E-state index in [1.807, 2.05) is 20.2 Å². The van der Waals surface area contributed by atoms with Gasteiger partial charge in [0.15, 0.2) is 0 Å². The topological polar surface area (TPSA) is 15.6 Å². The number of hydrogen-bond donors (Lipinski definition) is 0. The molecule has 3 heteroatoms. The number of aliphatic imine (C=N–C) groups is 1. The van der Waals surface area contributed by atoms with Gasteiger partial charge in [0.2, 0.25) is 0 Å². The summed E-state index contributed by atoms with van der Waals surface area (Å²) < 4.78 is 0. The Morgan fingerprint density at radius 1 is 1.18 bits per heavy atom. The summed E-state index contributed by atoms with van der Waals surface area (Å²) in [4.78, 5) is 6.71. The molecule has 1 aromatic rings. The van der Waals surface area contributed by atoms with Gasteiger partial charge in [-0.15, -0.1) is 6.07 Å². The number of para-hydroxylation sites is 1. The normalized spacial score (nSPS) is 12.7. The first kappa shape index (κ1) is 19.6. The van der Waals surface area contributed by atoms with E-state index in [4.69, 9.17) is 0 Å². The molecule has 2 rings (SSSR count). The van der Waals surface area contributed by atoms with Crippen molar-refractivity contribution in [1.29, 1.82) is 0 Å². The molecule has 120 valence electrons. The molecule has 0 saturated heterocycles. The zero-order valence-electron chi connectivity index (χ0n) is 15.1. The Morgan fingerprint density at radius 3 is 2.36 bits per heavy atom. The van der Waals surface area contributed by atoms with E-state index in [-0.39, 0.29) is 0 Å². The molecule has 2 nitrogen and oxygen atoms in total. The number of nitrogens with zero attached hydrogens (tertiary/aromatic N) is 2. The fraction of sp³-hybridized carbons (Fsp3) is 0.579. The number of anilines is 1. The second-order valence-corrected chi connectivity index (χ2v) is 5.13. The zero-order valence-corrected chi connectivity index (χ0v) is 21.5.